The lowest BCUT2D eigenvalue weighted by atomic mass is 10.1. The van der Waals surface area contributed by atoms with Crippen LogP contribution >= 0.6 is 11.3 Å². The lowest BCUT2D eigenvalue weighted by Gasteiger charge is -2.30. The second kappa shape index (κ2) is 7.53. The van der Waals surface area contributed by atoms with E-state index >= 15 is 0 Å². The van der Waals surface area contributed by atoms with Gasteiger partial charge in [-0.3, -0.25) is 9.59 Å². The Balaban J connectivity index is 1.69. The van der Waals surface area contributed by atoms with Gasteiger partial charge in [-0.1, -0.05) is 13.3 Å². The number of aromatic nitrogens is 2. The van der Waals surface area contributed by atoms with Gasteiger partial charge in [-0.15, -0.1) is 11.3 Å². The highest BCUT2D eigenvalue weighted by Crippen LogP contribution is 2.24. The average Bonchev–Trinajstić information content (AvgIpc) is 3.09. The van der Waals surface area contributed by atoms with Crippen LogP contribution in [0.4, 0.5) is 0 Å². The Morgan fingerprint density at radius 2 is 2.25 bits per heavy atom. The third kappa shape index (κ3) is 3.62. The predicted octanol–water partition coefficient (Wildman–Crippen LogP) is 2.02. The highest BCUT2D eigenvalue weighted by atomic mass is 32.1. The van der Waals surface area contributed by atoms with Crippen molar-refractivity contribution >= 4 is 23.2 Å². The molecular formula is C17H20N4O2S. The van der Waals surface area contributed by atoms with E-state index in [4.69, 9.17) is 0 Å². The highest BCUT2D eigenvalue weighted by molar-refractivity contribution is 7.10. The minimum absolute atomic E-state index is 0.0101. The van der Waals surface area contributed by atoms with Crippen molar-refractivity contribution in [1.82, 2.24) is 20.4 Å². The summed E-state index contributed by atoms with van der Waals surface area (Å²) in [7, 11) is 0. The minimum atomic E-state index is -0.504. The smallest absolute Gasteiger partial charge is 0.253 e. The molecule has 2 aromatic rings. The van der Waals surface area contributed by atoms with Crippen LogP contribution in [0.5, 0.6) is 0 Å². The number of thiophene rings is 1. The Bertz CT molecular complexity index is 716. The zero-order chi connectivity index (χ0) is 16.9. The molecule has 1 aliphatic heterocycles. The average molecular weight is 344 g/mol. The summed E-state index contributed by atoms with van der Waals surface area (Å²) < 4.78 is 0. The van der Waals surface area contributed by atoms with E-state index in [1.807, 2.05) is 11.8 Å². The number of nitrogens with one attached hydrogen (secondary N) is 1. The monoisotopic (exact) mass is 344 g/mol. The summed E-state index contributed by atoms with van der Waals surface area (Å²) in [6.07, 6.45) is 5.20. The second-order valence-electron chi connectivity index (χ2n) is 5.82. The predicted molar refractivity (Wildman–Crippen MR) is 91.6 cm³/mol. The lowest BCUT2D eigenvalue weighted by Crippen LogP contribution is -2.49. The van der Waals surface area contributed by atoms with Gasteiger partial charge < -0.3 is 10.2 Å². The summed E-state index contributed by atoms with van der Waals surface area (Å²) in [4.78, 5) is 28.4. The number of fused-ring (bicyclic) bond motifs is 1. The molecule has 1 aliphatic rings. The summed E-state index contributed by atoms with van der Waals surface area (Å²) in [6, 6.07) is 3.17. The summed E-state index contributed by atoms with van der Waals surface area (Å²) in [5, 5.41) is 12.3. The van der Waals surface area contributed by atoms with Crippen LogP contribution in [0, 0.1) is 0 Å². The van der Waals surface area contributed by atoms with E-state index in [2.05, 4.69) is 27.0 Å². The van der Waals surface area contributed by atoms with Crippen molar-refractivity contribution < 1.29 is 9.59 Å². The van der Waals surface area contributed by atoms with Crippen LogP contribution in [0.25, 0.3) is 0 Å². The van der Waals surface area contributed by atoms with Crippen molar-refractivity contribution in [2.45, 2.75) is 38.8 Å². The van der Waals surface area contributed by atoms with Gasteiger partial charge in [0.25, 0.3) is 5.91 Å². The van der Waals surface area contributed by atoms with Crippen LogP contribution in [0.2, 0.25) is 0 Å². The molecule has 0 aromatic carbocycles. The molecular weight excluding hydrogens is 324 g/mol. The molecule has 0 radical (unpaired) electrons. The fourth-order valence-electron chi connectivity index (χ4n) is 2.87. The van der Waals surface area contributed by atoms with Crippen molar-refractivity contribution in [1.29, 1.82) is 0 Å². The first kappa shape index (κ1) is 16.6. The van der Waals surface area contributed by atoms with E-state index in [1.165, 1.54) is 22.8 Å². The molecule has 3 rings (SSSR count). The van der Waals surface area contributed by atoms with Gasteiger partial charge in [-0.25, -0.2) is 0 Å². The zero-order valence-corrected chi connectivity index (χ0v) is 14.4. The van der Waals surface area contributed by atoms with Gasteiger partial charge in [-0.2, -0.15) is 10.2 Å². The van der Waals surface area contributed by atoms with Crippen molar-refractivity contribution in [2.24, 2.45) is 0 Å². The number of amides is 2. The SMILES string of the molecule is CCCC(NC(=O)c1ccnnc1)C(=O)N1CCc2sccc2C1. The van der Waals surface area contributed by atoms with Gasteiger partial charge in [0.05, 0.1) is 18.0 Å². The third-order valence-corrected chi connectivity index (χ3v) is 5.17. The van der Waals surface area contributed by atoms with Crippen molar-refractivity contribution in [2.75, 3.05) is 6.54 Å². The first-order valence-electron chi connectivity index (χ1n) is 8.10. The Kier molecular flexibility index (Phi) is 5.20. The largest absolute Gasteiger partial charge is 0.340 e. The zero-order valence-electron chi connectivity index (χ0n) is 13.6. The normalized spacial score (nSPS) is 14.8. The molecule has 1 unspecified atom stereocenters. The quantitative estimate of drug-likeness (QED) is 0.900. The van der Waals surface area contributed by atoms with E-state index < -0.39 is 6.04 Å². The van der Waals surface area contributed by atoms with Gasteiger partial charge >= 0.3 is 0 Å². The molecule has 0 fully saturated rings. The number of hydrogen-bond acceptors (Lipinski definition) is 5. The standard InChI is InChI=1S/C17H20N4O2S/c1-2-3-14(20-16(22)12-4-7-18-19-10-12)17(23)21-8-5-15-13(11-21)6-9-24-15/h4,6-7,9-10,14H,2-3,5,8,11H2,1H3,(H,20,22). The number of hydrogen-bond donors (Lipinski definition) is 1. The molecule has 3 heterocycles. The van der Waals surface area contributed by atoms with Gasteiger partial charge in [0.1, 0.15) is 6.04 Å². The first-order chi connectivity index (χ1) is 11.7. The van der Waals surface area contributed by atoms with Crippen molar-refractivity contribution in [3.8, 4) is 0 Å². The van der Waals surface area contributed by atoms with Crippen LogP contribution in [0.15, 0.2) is 29.9 Å². The topological polar surface area (TPSA) is 75.2 Å². The fraction of sp³-hybridized carbons (Fsp3) is 0.412. The van der Waals surface area contributed by atoms with E-state index in [0.717, 1.165) is 12.8 Å². The number of nitrogens with zero attached hydrogens (tertiary/aromatic N) is 3. The number of carbonyl (C=O) groups is 2. The Hall–Kier alpha value is -2.28. The summed E-state index contributed by atoms with van der Waals surface area (Å²) in [6.45, 7) is 3.34. The van der Waals surface area contributed by atoms with Gasteiger partial charge in [0.2, 0.25) is 5.91 Å². The molecule has 0 aliphatic carbocycles. The third-order valence-electron chi connectivity index (χ3n) is 4.15. The minimum Gasteiger partial charge on any atom is -0.340 e. The second-order valence-corrected chi connectivity index (χ2v) is 6.83. The van der Waals surface area contributed by atoms with Gasteiger partial charge in [0.15, 0.2) is 0 Å². The van der Waals surface area contributed by atoms with Gasteiger partial charge in [0, 0.05) is 18.0 Å². The van der Waals surface area contributed by atoms with E-state index in [1.54, 1.807) is 17.4 Å². The van der Waals surface area contributed by atoms with E-state index in [-0.39, 0.29) is 11.8 Å². The highest BCUT2D eigenvalue weighted by Gasteiger charge is 2.28. The molecule has 1 atom stereocenters. The molecule has 2 amide bonds. The van der Waals surface area contributed by atoms with Crippen LogP contribution in [0.1, 0.15) is 40.6 Å². The maximum Gasteiger partial charge on any atom is 0.253 e. The molecule has 0 saturated heterocycles. The molecule has 24 heavy (non-hydrogen) atoms. The molecule has 2 aromatic heterocycles. The Labute approximate surface area is 144 Å². The molecule has 0 saturated carbocycles. The first-order valence-corrected chi connectivity index (χ1v) is 8.98. The summed E-state index contributed by atoms with van der Waals surface area (Å²) >= 11 is 1.75. The number of carbonyl (C=O) groups excluding carboxylic acids is 2. The molecule has 0 spiro atoms. The maximum atomic E-state index is 12.9. The molecule has 0 bridgehead atoms. The summed E-state index contributed by atoms with van der Waals surface area (Å²) in [5.74, 6) is -0.297. The van der Waals surface area contributed by atoms with Gasteiger partial charge in [-0.05, 0) is 35.9 Å². The van der Waals surface area contributed by atoms with Crippen LogP contribution in [0.3, 0.4) is 0 Å². The van der Waals surface area contributed by atoms with E-state index in [9.17, 15) is 9.59 Å². The Morgan fingerprint density at radius 3 is 3.00 bits per heavy atom. The molecule has 7 heteroatoms. The molecule has 1 N–H and O–H groups in total. The van der Waals surface area contributed by atoms with Crippen LogP contribution in [-0.4, -0.2) is 39.5 Å². The van der Waals surface area contributed by atoms with E-state index in [0.29, 0.717) is 25.1 Å². The Morgan fingerprint density at radius 1 is 1.38 bits per heavy atom. The van der Waals surface area contributed by atoms with Crippen LogP contribution < -0.4 is 5.32 Å². The van der Waals surface area contributed by atoms with Crippen molar-refractivity contribution in [3.05, 3.63) is 45.9 Å². The van der Waals surface area contributed by atoms with Crippen LogP contribution in [-0.2, 0) is 17.8 Å². The summed E-state index contributed by atoms with van der Waals surface area (Å²) in [5.41, 5.74) is 1.64. The maximum absolute atomic E-state index is 12.9. The molecule has 6 nitrogen and oxygen atoms in total. The van der Waals surface area contributed by atoms with Crippen molar-refractivity contribution in [3.63, 3.8) is 0 Å². The lowest BCUT2D eigenvalue weighted by molar-refractivity contribution is -0.134. The molecule has 126 valence electrons. The number of rotatable bonds is 5. The fourth-order valence-corrected chi connectivity index (χ4v) is 3.76.